The van der Waals surface area contributed by atoms with E-state index in [9.17, 15) is 4.79 Å². The fourth-order valence-corrected chi connectivity index (χ4v) is 1.77. The van der Waals surface area contributed by atoms with Gasteiger partial charge in [-0.25, -0.2) is 0 Å². The van der Waals surface area contributed by atoms with Crippen LogP contribution in [0.3, 0.4) is 0 Å². The Morgan fingerprint density at radius 3 is 1.90 bits per heavy atom. The van der Waals surface area contributed by atoms with Crippen molar-refractivity contribution in [1.82, 2.24) is 0 Å². The lowest BCUT2D eigenvalue weighted by Crippen LogP contribution is -2.38. The first kappa shape index (κ1) is 14.1. The number of carbonyl (C=O) groups is 1. The summed E-state index contributed by atoms with van der Waals surface area (Å²) in [6.45, 7) is 5.36. The van der Waals surface area contributed by atoms with Crippen molar-refractivity contribution in [3.8, 4) is 0 Å². The predicted molar refractivity (Wildman–Crippen MR) is 84.5 cm³/mol. The maximum absolute atomic E-state index is 11.5. The Kier molecular flexibility index (Phi) is 4.08. The van der Waals surface area contributed by atoms with Crippen LogP contribution in [0.25, 0.3) is 0 Å². The van der Waals surface area contributed by atoms with E-state index in [0.29, 0.717) is 0 Å². The molecule has 2 N–H and O–H groups in total. The van der Waals surface area contributed by atoms with Crippen LogP contribution in [0.4, 0.5) is 17.1 Å². The molecule has 0 bridgehead atoms. The van der Waals surface area contributed by atoms with Crippen LogP contribution >= 0.6 is 0 Å². The van der Waals surface area contributed by atoms with Gasteiger partial charge in [-0.15, -0.1) is 0 Å². The average Bonchev–Trinajstić information content (AvgIpc) is 2.42. The van der Waals surface area contributed by atoms with Gasteiger partial charge in [0.2, 0.25) is 0 Å². The van der Waals surface area contributed by atoms with Crippen LogP contribution in [0.5, 0.6) is 0 Å². The van der Waals surface area contributed by atoms with Crippen molar-refractivity contribution < 1.29 is 4.79 Å². The van der Waals surface area contributed by atoms with Crippen molar-refractivity contribution in [3.63, 3.8) is 0 Å². The Labute approximate surface area is 120 Å². The number of hydrogen-bond acceptors (Lipinski definition) is 3. The number of benzene rings is 2. The molecule has 3 nitrogen and oxygen atoms in total. The summed E-state index contributed by atoms with van der Waals surface area (Å²) >= 11 is 0. The van der Waals surface area contributed by atoms with Crippen molar-refractivity contribution in [2.24, 2.45) is 0 Å². The number of ketones is 1. The van der Waals surface area contributed by atoms with Gasteiger partial charge in [0, 0.05) is 17.1 Å². The van der Waals surface area contributed by atoms with Crippen LogP contribution in [0.15, 0.2) is 54.6 Å². The van der Waals surface area contributed by atoms with Gasteiger partial charge in [0.15, 0.2) is 5.78 Å². The molecule has 0 heterocycles. The summed E-state index contributed by atoms with van der Waals surface area (Å²) in [5.41, 5.74) is 2.46. The van der Waals surface area contributed by atoms with Crippen molar-refractivity contribution in [1.29, 1.82) is 0 Å². The number of anilines is 3. The number of nitrogens with one attached hydrogen (secondary N) is 2. The Morgan fingerprint density at radius 2 is 1.35 bits per heavy atom. The molecule has 0 aliphatic carbocycles. The van der Waals surface area contributed by atoms with E-state index in [1.807, 2.05) is 68.4 Å². The Bertz CT molecular complexity index is 574. The van der Waals surface area contributed by atoms with Crippen molar-refractivity contribution in [3.05, 3.63) is 54.6 Å². The van der Waals surface area contributed by atoms with E-state index in [2.05, 4.69) is 10.6 Å². The first-order valence-electron chi connectivity index (χ1n) is 6.69. The van der Waals surface area contributed by atoms with Gasteiger partial charge in [-0.1, -0.05) is 18.2 Å². The van der Waals surface area contributed by atoms with Gasteiger partial charge in [0.1, 0.15) is 0 Å². The molecule has 104 valence electrons. The Balaban J connectivity index is 2.05. The van der Waals surface area contributed by atoms with E-state index >= 15 is 0 Å². The van der Waals surface area contributed by atoms with Crippen LogP contribution in [-0.2, 0) is 4.79 Å². The zero-order chi connectivity index (χ0) is 14.6. The molecule has 0 amide bonds. The highest BCUT2D eigenvalue weighted by atomic mass is 16.1. The third kappa shape index (κ3) is 3.60. The molecule has 0 unspecified atom stereocenters. The van der Waals surface area contributed by atoms with E-state index < -0.39 is 5.54 Å². The summed E-state index contributed by atoms with van der Waals surface area (Å²) < 4.78 is 0. The normalized spacial score (nSPS) is 10.9. The Morgan fingerprint density at radius 1 is 0.850 bits per heavy atom. The molecule has 20 heavy (non-hydrogen) atoms. The summed E-state index contributed by atoms with van der Waals surface area (Å²) in [5.74, 6) is 0.115. The zero-order valence-corrected chi connectivity index (χ0v) is 12.1. The summed E-state index contributed by atoms with van der Waals surface area (Å²) in [4.78, 5) is 11.5. The second kappa shape index (κ2) is 5.78. The average molecular weight is 268 g/mol. The van der Waals surface area contributed by atoms with Crippen molar-refractivity contribution >= 4 is 22.8 Å². The molecule has 0 spiro atoms. The molecule has 3 heteroatoms. The van der Waals surface area contributed by atoms with Gasteiger partial charge in [0.05, 0.1) is 5.54 Å². The minimum absolute atomic E-state index is 0.115. The lowest BCUT2D eigenvalue weighted by molar-refractivity contribution is -0.120. The summed E-state index contributed by atoms with van der Waals surface area (Å²) in [6.07, 6.45) is 0. The van der Waals surface area contributed by atoms with E-state index in [-0.39, 0.29) is 5.78 Å². The van der Waals surface area contributed by atoms with Gasteiger partial charge in [-0.3, -0.25) is 4.79 Å². The van der Waals surface area contributed by atoms with Crippen LogP contribution in [0.1, 0.15) is 20.8 Å². The lowest BCUT2D eigenvalue weighted by atomic mass is 10.00. The molecule has 2 aromatic rings. The number of hydrogen-bond donors (Lipinski definition) is 2. The third-order valence-electron chi connectivity index (χ3n) is 3.28. The fraction of sp³-hybridized carbons (Fsp3) is 0.235. The van der Waals surface area contributed by atoms with Gasteiger partial charge in [-0.05, 0) is 57.2 Å². The Hall–Kier alpha value is -2.29. The highest BCUT2D eigenvalue weighted by molar-refractivity contribution is 5.88. The molecule has 0 aromatic heterocycles. The second-order valence-corrected chi connectivity index (χ2v) is 5.37. The molecular formula is C17H20N2O. The van der Waals surface area contributed by atoms with Crippen LogP contribution < -0.4 is 10.6 Å². The summed E-state index contributed by atoms with van der Waals surface area (Å²) in [6, 6.07) is 17.9. The largest absolute Gasteiger partial charge is 0.373 e. The maximum Gasteiger partial charge on any atom is 0.154 e. The molecule has 0 aliphatic rings. The summed E-state index contributed by atoms with van der Waals surface area (Å²) in [7, 11) is 0. The predicted octanol–water partition coefficient (Wildman–Crippen LogP) is 4.21. The molecule has 0 radical (unpaired) electrons. The second-order valence-electron chi connectivity index (χ2n) is 5.37. The number of carbonyl (C=O) groups excluding carboxylic acids is 1. The fourth-order valence-electron chi connectivity index (χ4n) is 1.77. The smallest absolute Gasteiger partial charge is 0.154 e. The molecule has 2 rings (SSSR count). The van der Waals surface area contributed by atoms with Crippen molar-refractivity contribution in [2.45, 2.75) is 26.3 Å². The lowest BCUT2D eigenvalue weighted by Gasteiger charge is -2.24. The molecule has 0 fully saturated rings. The molecule has 0 saturated carbocycles. The first-order chi connectivity index (χ1) is 9.47. The van der Waals surface area contributed by atoms with E-state index in [4.69, 9.17) is 0 Å². The van der Waals surface area contributed by atoms with E-state index in [0.717, 1.165) is 17.1 Å². The minimum Gasteiger partial charge on any atom is -0.373 e. The number of para-hydroxylation sites is 1. The third-order valence-corrected chi connectivity index (χ3v) is 3.28. The van der Waals surface area contributed by atoms with Crippen LogP contribution in [0, 0.1) is 0 Å². The van der Waals surface area contributed by atoms with Gasteiger partial charge < -0.3 is 10.6 Å². The van der Waals surface area contributed by atoms with Gasteiger partial charge in [-0.2, -0.15) is 0 Å². The highest BCUT2D eigenvalue weighted by Crippen LogP contribution is 2.21. The number of rotatable bonds is 5. The van der Waals surface area contributed by atoms with Crippen molar-refractivity contribution in [2.75, 3.05) is 10.6 Å². The number of Topliss-reactive ketones (excluding diaryl/α,β-unsaturated/α-hetero) is 1. The van der Waals surface area contributed by atoms with Gasteiger partial charge in [0.25, 0.3) is 0 Å². The standard InChI is InChI=1S/C17H20N2O/c1-13(20)17(2,3)19-16-11-9-15(10-12-16)18-14-7-5-4-6-8-14/h4-12,18-19H,1-3H3. The molecule has 0 saturated heterocycles. The molecule has 0 atom stereocenters. The van der Waals surface area contributed by atoms with Crippen LogP contribution in [-0.4, -0.2) is 11.3 Å². The zero-order valence-electron chi connectivity index (χ0n) is 12.1. The maximum atomic E-state index is 11.5. The topological polar surface area (TPSA) is 41.1 Å². The summed E-state index contributed by atoms with van der Waals surface area (Å²) in [5, 5.41) is 6.55. The highest BCUT2D eigenvalue weighted by Gasteiger charge is 2.22. The quantitative estimate of drug-likeness (QED) is 0.853. The SMILES string of the molecule is CC(=O)C(C)(C)Nc1ccc(Nc2ccccc2)cc1. The first-order valence-corrected chi connectivity index (χ1v) is 6.69. The van der Waals surface area contributed by atoms with Crippen LogP contribution in [0.2, 0.25) is 0 Å². The van der Waals surface area contributed by atoms with Gasteiger partial charge >= 0.3 is 0 Å². The molecule has 2 aromatic carbocycles. The monoisotopic (exact) mass is 268 g/mol. The van der Waals surface area contributed by atoms with E-state index in [1.54, 1.807) is 6.92 Å². The molecule has 0 aliphatic heterocycles. The molecular weight excluding hydrogens is 248 g/mol. The minimum atomic E-state index is -0.547. The van der Waals surface area contributed by atoms with E-state index in [1.165, 1.54) is 0 Å².